The van der Waals surface area contributed by atoms with Crippen molar-refractivity contribution in [1.29, 1.82) is 0 Å². The Morgan fingerprint density at radius 3 is 2.36 bits per heavy atom. The molecule has 1 rings (SSSR count). The molecule has 0 aliphatic rings. The van der Waals surface area contributed by atoms with Gasteiger partial charge in [0.05, 0.1) is 5.02 Å². The van der Waals surface area contributed by atoms with E-state index < -0.39 is 10.7 Å². The Hall–Kier alpha value is 0.0200. The molecule has 1 aromatic carbocycles. The van der Waals surface area contributed by atoms with E-state index in [2.05, 4.69) is 0 Å². The standard InChI is InChI=1S/C7H4Cl3F/c8-5-2-1-4(7(9)10)3-6(5)11/h1-3,7H. The Bertz CT molecular complexity index is 260. The number of hydrogen-bond acceptors (Lipinski definition) is 0. The van der Waals surface area contributed by atoms with Crippen molar-refractivity contribution in [2.24, 2.45) is 0 Å². The third-order valence-corrected chi connectivity index (χ3v) is 2.01. The van der Waals surface area contributed by atoms with Gasteiger partial charge in [0.1, 0.15) is 10.7 Å². The molecule has 0 spiro atoms. The van der Waals surface area contributed by atoms with Gasteiger partial charge in [0.25, 0.3) is 0 Å². The largest absolute Gasteiger partial charge is 0.205 e. The summed E-state index contributed by atoms with van der Waals surface area (Å²) in [6.45, 7) is 0. The average Bonchev–Trinajstić information content (AvgIpc) is 1.94. The Balaban J connectivity index is 3.05. The first-order valence-electron chi connectivity index (χ1n) is 2.84. The van der Waals surface area contributed by atoms with Gasteiger partial charge < -0.3 is 0 Å². The predicted molar refractivity (Wildman–Crippen MR) is 45.9 cm³/mol. The van der Waals surface area contributed by atoms with Crippen molar-refractivity contribution in [1.82, 2.24) is 0 Å². The molecule has 0 saturated heterocycles. The SMILES string of the molecule is Fc1cc(C(Cl)Cl)ccc1Cl. The Labute approximate surface area is 78.9 Å². The van der Waals surface area contributed by atoms with E-state index in [1.807, 2.05) is 0 Å². The summed E-state index contributed by atoms with van der Waals surface area (Å²) >= 11 is 16.4. The molecule has 0 N–H and O–H groups in total. The number of benzene rings is 1. The van der Waals surface area contributed by atoms with Crippen molar-refractivity contribution < 1.29 is 4.39 Å². The molecule has 0 nitrogen and oxygen atoms in total. The van der Waals surface area contributed by atoms with Crippen molar-refractivity contribution in [2.45, 2.75) is 4.84 Å². The first-order chi connectivity index (χ1) is 5.11. The summed E-state index contributed by atoms with van der Waals surface area (Å²) in [6.07, 6.45) is 0. The topological polar surface area (TPSA) is 0 Å². The van der Waals surface area contributed by atoms with Crippen LogP contribution < -0.4 is 0 Å². The number of rotatable bonds is 1. The van der Waals surface area contributed by atoms with E-state index in [9.17, 15) is 4.39 Å². The molecule has 0 radical (unpaired) electrons. The van der Waals surface area contributed by atoms with Crippen LogP contribution in [0.2, 0.25) is 5.02 Å². The Morgan fingerprint density at radius 1 is 1.27 bits per heavy atom. The molecule has 60 valence electrons. The molecule has 0 fully saturated rings. The Kier molecular flexibility index (Phi) is 2.99. The third-order valence-electron chi connectivity index (χ3n) is 1.20. The summed E-state index contributed by atoms with van der Waals surface area (Å²) in [5, 5.41) is 0.0720. The molecule has 1 aromatic rings. The molecule has 0 heterocycles. The van der Waals surface area contributed by atoms with Gasteiger partial charge in [-0.3, -0.25) is 0 Å². The maximum atomic E-state index is 12.7. The van der Waals surface area contributed by atoms with Gasteiger partial charge in [0.15, 0.2) is 0 Å². The summed E-state index contributed by atoms with van der Waals surface area (Å²) in [4.78, 5) is -0.707. The lowest BCUT2D eigenvalue weighted by atomic mass is 10.2. The monoisotopic (exact) mass is 212 g/mol. The van der Waals surface area contributed by atoms with E-state index in [0.29, 0.717) is 5.56 Å². The highest BCUT2D eigenvalue weighted by atomic mass is 35.5. The van der Waals surface area contributed by atoms with Crippen LogP contribution >= 0.6 is 34.8 Å². The van der Waals surface area contributed by atoms with Crippen LogP contribution in [-0.2, 0) is 0 Å². The van der Waals surface area contributed by atoms with Crippen molar-refractivity contribution in [3.63, 3.8) is 0 Å². The van der Waals surface area contributed by atoms with Gasteiger partial charge in [0, 0.05) is 0 Å². The molecule has 0 unspecified atom stereocenters. The highest BCUT2D eigenvalue weighted by molar-refractivity contribution is 6.44. The number of hydrogen-bond donors (Lipinski definition) is 0. The Morgan fingerprint density at radius 2 is 1.91 bits per heavy atom. The molecule has 0 bridgehead atoms. The second-order valence-electron chi connectivity index (χ2n) is 1.97. The maximum Gasteiger partial charge on any atom is 0.142 e. The fourth-order valence-electron chi connectivity index (χ4n) is 0.648. The van der Waals surface area contributed by atoms with Gasteiger partial charge in [-0.1, -0.05) is 17.7 Å². The molecule has 4 heteroatoms. The predicted octanol–water partition coefficient (Wildman–Crippen LogP) is 3.96. The van der Waals surface area contributed by atoms with Crippen molar-refractivity contribution in [3.8, 4) is 0 Å². The summed E-state index contributed by atoms with van der Waals surface area (Å²) in [5.74, 6) is -0.504. The third kappa shape index (κ3) is 2.22. The molecule has 0 saturated carbocycles. The van der Waals surface area contributed by atoms with E-state index in [1.165, 1.54) is 12.1 Å². The van der Waals surface area contributed by atoms with E-state index in [1.54, 1.807) is 6.07 Å². The molecule has 0 aliphatic carbocycles. The lowest BCUT2D eigenvalue weighted by Crippen LogP contribution is -1.84. The van der Waals surface area contributed by atoms with E-state index in [4.69, 9.17) is 34.8 Å². The minimum Gasteiger partial charge on any atom is -0.205 e. The zero-order chi connectivity index (χ0) is 8.43. The van der Waals surface area contributed by atoms with Crippen LogP contribution in [0.15, 0.2) is 18.2 Å². The lowest BCUT2D eigenvalue weighted by molar-refractivity contribution is 0.626. The number of halogens is 4. The summed E-state index contributed by atoms with van der Waals surface area (Å²) in [7, 11) is 0. The molecular formula is C7H4Cl3F. The second kappa shape index (κ2) is 3.61. The van der Waals surface area contributed by atoms with Crippen LogP contribution in [0, 0.1) is 5.82 Å². The number of alkyl halides is 2. The summed E-state index contributed by atoms with van der Waals surface area (Å²) in [6, 6.07) is 4.22. The van der Waals surface area contributed by atoms with Crippen LogP contribution in [-0.4, -0.2) is 0 Å². The highest BCUT2D eigenvalue weighted by Gasteiger charge is 2.06. The van der Waals surface area contributed by atoms with Crippen LogP contribution in [0.4, 0.5) is 4.39 Å². The van der Waals surface area contributed by atoms with Crippen LogP contribution in [0.5, 0.6) is 0 Å². The van der Waals surface area contributed by atoms with E-state index in [-0.39, 0.29) is 5.02 Å². The molecular weight excluding hydrogens is 209 g/mol. The summed E-state index contributed by atoms with van der Waals surface area (Å²) < 4.78 is 12.7. The highest BCUT2D eigenvalue weighted by Crippen LogP contribution is 2.27. The van der Waals surface area contributed by atoms with Crippen LogP contribution in [0.3, 0.4) is 0 Å². The van der Waals surface area contributed by atoms with Gasteiger partial charge in [0.2, 0.25) is 0 Å². The van der Waals surface area contributed by atoms with Gasteiger partial charge >= 0.3 is 0 Å². The fourth-order valence-corrected chi connectivity index (χ4v) is 1.04. The molecule has 0 aliphatic heterocycles. The zero-order valence-electron chi connectivity index (χ0n) is 5.32. The molecule has 0 aromatic heterocycles. The van der Waals surface area contributed by atoms with E-state index >= 15 is 0 Å². The first-order valence-corrected chi connectivity index (χ1v) is 4.09. The van der Waals surface area contributed by atoms with Gasteiger partial charge in [-0.2, -0.15) is 0 Å². The van der Waals surface area contributed by atoms with Gasteiger partial charge in [-0.05, 0) is 17.7 Å². The zero-order valence-corrected chi connectivity index (χ0v) is 7.59. The lowest BCUT2D eigenvalue weighted by Gasteiger charge is -2.01. The van der Waals surface area contributed by atoms with E-state index in [0.717, 1.165) is 0 Å². The van der Waals surface area contributed by atoms with Crippen molar-refractivity contribution >= 4 is 34.8 Å². The molecule has 0 atom stereocenters. The average molecular weight is 213 g/mol. The van der Waals surface area contributed by atoms with Crippen LogP contribution in [0.1, 0.15) is 10.4 Å². The second-order valence-corrected chi connectivity index (χ2v) is 3.48. The molecule has 11 heavy (non-hydrogen) atoms. The van der Waals surface area contributed by atoms with Gasteiger partial charge in [-0.15, -0.1) is 23.2 Å². The van der Waals surface area contributed by atoms with Crippen molar-refractivity contribution in [3.05, 3.63) is 34.6 Å². The van der Waals surface area contributed by atoms with Gasteiger partial charge in [-0.25, -0.2) is 4.39 Å². The fraction of sp³-hybridized carbons (Fsp3) is 0.143. The first kappa shape index (κ1) is 9.11. The minimum atomic E-state index is -0.707. The maximum absolute atomic E-state index is 12.7. The normalized spacial score (nSPS) is 10.6. The summed E-state index contributed by atoms with van der Waals surface area (Å²) in [5.41, 5.74) is 0.509. The smallest absolute Gasteiger partial charge is 0.142 e. The molecule has 0 amide bonds. The van der Waals surface area contributed by atoms with Crippen molar-refractivity contribution in [2.75, 3.05) is 0 Å². The minimum absolute atomic E-state index is 0.0720. The quantitative estimate of drug-likeness (QED) is 0.620. The van der Waals surface area contributed by atoms with Crippen LogP contribution in [0.25, 0.3) is 0 Å².